The number of rotatable bonds is 5. The molecule has 1 aromatic heterocycles. The number of carbonyl (C=O) groups is 1. The molecule has 96 valence electrons. The SMILES string of the molecule is CC(C)(C)n1cc(CNCC(O)C(N)=O)nn1. The van der Waals surface area contributed by atoms with E-state index >= 15 is 0 Å². The van der Waals surface area contributed by atoms with E-state index in [1.807, 2.05) is 27.0 Å². The van der Waals surface area contributed by atoms with Crippen LogP contribution in [0.2, 0.25) is 0 Å². The van der Waals surface area contributed by atoms with E-state index in [9.17, 15) is 4.79 Å². The summed E-state index contributed by atoms with van der Waals surface area (Å²) in [5, 5.41) is 20.0. The molecule has 0 aliphatic carbocycles. The van der Waals surface area contributed by atoms with Crippen LogP contribution in [0.15, 0.2) is 6.20 Å². The van der Waals surface area contributed by atoms with Gasteiger partial charge in [0.1, 0.15) is 6.10 Å². The summed E-state index contributed by atoms with van der Waals surface area (Å²) in [7, 11) is 0. The lowest BCUT2D eigenvalue weighted by Gasteiger charge is -2.17. The number of nitrogens with two attached hydrogens (primary N) is 1. The largest absolute Gasteiger partial charge is 0.382 e. The molecule has 0 aliphatic heterocycles. The van der Waals surface area contributed by atoms with Crippen molar-refractivity contribution in [2.24, 2.45) is 5.73 Å². The van der Waals surface area contributed by atoms with Crippen molar-refractivity contribution in [2.45, 2.75) is 39.0 Å². The van der Waals surface area contributed by atoms with E-state index < -0.39 is 12.0 Å². The molecular weight excluding hydrogens is 222 g/mol. The smallest absolute Gasteiger partial charge is 0.247 e. The van der Waals surface area contributed by atoms with Gasteiger partial charge in [-0.05, 0) is 20.8 Å². The first-order valence-electron chi connectivity index (χ1n) is 5.40. The second-order valence-corrected chi connectivity index (χ2v) is 4.87. The molecule has 1 rings (SSSR count). The normalized spacial score (nSPS) is 13.6. The van der Waals surface area contributed by atoms with Crippen molar-refractivity contribution in [3.63, 3.8) is 0 Å². The Bertz CT molecular complexity index is 382. The number of hydrogen-bond acceptors (Lipinski definition) is 5. The van der Waals surface area contributed by atoms with Crippen LogP contribution in [-0.2, 0) is 16.9 Å². The van der Waals surface area contributed by atoms with Crippen LogP contribution in [0.4, 0.5) is 0 Å². The predicted octanol–water partition coefficient (Wildman–Crippen LogP) is -1.03. The maximum Gasteiger partial charge on any atom is 0.247 e. The number of hydrogen-bond donors (Lipinski definition) is 3. The molecule has 0 aromatic carbocycles. The first-order chi connectivity index (χ1) is 7.80. The number of primary amides is 1. The van der Waals surface area contributed by atoms with E-state index in [-0.39, 0.29) is 12.1 Å². The van der Waals surface area contributed by atoms with Crippen molar-refractivity contribution >= 4 is 5.91 Å². The van der Waals surface area contributed by atoms with Gasteiger partial charge in [0.25, 0.3) is 0 Å². The number of aromatic nitrogens is 3. The quantitative estimate of drug-likeness (QED) is 0.611. The topological polar surface area (TPSA) is 106 Å². The lowest BCUT2D eigenvalue weighted by molar-refractivity contribution is -0.125. The molecule has 7 heteroatoms. The Kier molecular flexibility index (Phi) is 4.19. The highest BCUT2D eigenvalue weighted by molar-refractivity contribution is 5.78. The fraction of sp³-hybridized carbons (Fsp3) is 0.700. The summed E-state index contributed by atoms with van der Waals surface area (Å²) < 4.78 is 1.76. The van der Waals surface area contributed by atoms with Gasteiger partial charge in [-0.2, -0.15) is 0 Å². The zero-order valence-corrected chi connectivity index (χ0v) is 10.3. The Labute approximate surface area is 100.0 Å². The fourth-order valence-corrected chi connectivity index (χ4v) is 1.14. The van der Waals surface area contributed by atoms with Crippen molar-refractivity contribution in [3.05, 3.63) is 11.9 Å². The van der Waals surface area contributed by atoms with Crippen LogP contribution in [-0.4, -0.2) is 38.7 Å². The second-order valence-electron chi connectivity index (χ2n) is 4.87. The summed E-state index contributed by atoms with van der Waals surface area (Å²) in [6, 6.07) is 0. The van der Waals surface area contributed by atoms with E-state index in [4.69, 9.17) is 10.8 Å². The molecule has 1 amide bonds. The van der Waals surface area contributed by atoms with Gasteiger partial charge >= 0.3 is 0 Å². The first kappa shape index (κ1) is 13.6. The van der Waals surface area contributed by atoms with Gasteiger partial charge in [-0.1, -0.05) is 5.21 Å². The van der Waals surface area contributed by atoms with Gasteiger partial charge in [0, 0.05) is 13.1 Å². The van der Waals surface area contributed by atoms with Gasteiger partial charge in [0.15, 0.2) is 0 Å². The maximum atomic E-state index is 10.6. The Hall–Kier alpha value is -1.47. The van der Waals surface area contributed by atoms with Gasteiger partial charge in [-0.3, -0.25) is 4.79 Å². The molecule has 1 unspecified atom stereocenters. The van der Waals surface area contributed by atoms with Crippen molar-refractivity contribution < 1.29 is 9.90 Å². The van der Waals surface area contributed by atoms with Crippen molar-refractivity contribution in [2.75, 3.05) is 6.54 Å². The van der Waals surface area contributed by atoms with Crippen LogP contribution >= 0.6 is 0 Å². The third kappa shape index (κ3) is 4.12. The average Bonchev–Trinajstić information content (AvgIpc) is 2.65. The minimum atomic E-state index is -1.17. The molecule has 0 fully saturated rings. The van der Waals surface area contributed by atoms with Crippen LogP contribution < -0.4 is 11.1 Å². The lowest BCUT2D eigenvalue weighted by Crippen LogP contribution is -2.37. The molecule has 1 atom stereocenters. The van der Waals surface area contributed by atoms with Crippen LogP contribution in [0.25, 0.3) is 0 Å². The molecule has 0 bridgehead atoms. The third-order valence-electron chi connectivity index (χ3n) is 2.20. The fourth-order valence-electron chi connectivity index (χ4n) is 1.14. The standard InChI is InChI=1S/C10H19N5O2/c1-10(2,3)15-6-7(13-14-15)4-12-5-8(16)9(11)17/h6,8,12,16H,4-5H2,1-3H3,(H2,11,17). The number of aliphatic hydroxyl groups excluding tert-OH is 1. The number of nitrogens with one attached hydrogen (secondary N) is 1. The van der Waals surface area contributed by atoms with Gasteiger partial charge in [0.2, 0.25) is 5.91 Å². The molecule has 17 heavy (non-hydrogen) atoms. The highest BCUT2D eigenvalue weighted by atomic mass is 16.3. The maximum absolute atomic E-state index is 10.6. The van der Waals surface area contributed by atoms with Gasteiger partial charge in [0.05, 0.1) is 17.4 Å². The Morgan fingerprint density at radius 2 is 2.29 bits per heavy atom. The molecule has 0 saturated carbocycles. The van der Waals surface area contributed by atoms with Crippen LogP contribution in [0, 0.1) is 0 Å². The van der Waals surface area contributed by atoms with Crippen molar-refractivity contribution in [1.82, 2.24) is 20.3 Å². The summed E-state index contributed by atoms with van der Waals surface area (Å²) in [5.74, 6) is -0.740. The number of carbonyl (C=O) groups excluding carboxylic acids is 1. The molecule has 0 aliphatic rings. The zero-order valence-electron chi connectivity index (χ0n) is 10.3. The molecule has 4 N–H and O–H groups in total. The minimum absolute atomic E-state index is 0.109. The first-order valence-corrected chi connectivity index (χ1v) is 5.40. The summed E-state index contributed by atoms with van der Waals surface area (Å²) >= 11 is 0. The Morgan fingerprint density at radius 3 is 2.76 bits per heavy atom. The van der Waals surface area contributed by atoms with E-state index in [1.54, 1.807) is 4.68 Å². The van der Waals surface area contributed by atoms with Crippen molar-refractivity contribution in [1.29, 1.82) is 0 Å². The van der Waals surface area contributed by atoms with E-state index in [0.29, 0.717) is 6.54 Å². The second kappa shape index (κ2) is 5.24. The Balaban J connectivity index is 2.43. The number of nitrogens with zero attached hydrogens (tertiary/aromatic N) is 3. The van der Waals surface area contributed by atoms with Crippen LogP contribution in [0.1, 0.15) is 26.5 Å². The summed E-state index contributed by atoms with van der Waals surface area (Å²) in [6.45, 7) is 6.61. The van der Waals surface area contributed by atoms with Crippen LogP contribution in [0.5, 0.6) is 0 Å². The molecule has 1 aromatic rings. The predicted molar refractivity (Wildman–Crippen MR) is 61.9 cm³/mol. The summed E-state index contributed by atoms with van der Waals surface area (Å²) in [5.41, 5.74) is 5.55. The monoisotopic (exact) mass is 241 g/mol. The number of amides is 1. The Morgan fingerprint density at radius 1 is 1.65 bits per heavy atom. The van der Waals surface area contributed by atoms with Crippen LogP contribution in [0.3, 0.4) is 0 Å². The molecule has 0 spiro atoms. The average molecular weight is 241 g/mol. The highest BCUT2D eigenvalue weighted by Gasteiger charge is 2.15. The lowest BCUT2D eigenvalue weighted by atomic mass is 10.1. The molecule has 7 nitrogen and oxygen atoms in total. The van der Waals surface area contributed by atoms with Gasteiger partial charge in [-0.25, -0.2) is 4.68 Å². The molecule has 1 heterocycles. The van der Waals surface area contributed by atoms with E-state index in [2.05, 4.69) is 15.6 Å². The van der Waals surface area contributed by atoms with E-state index in [0.717, 1.165) is 5.69 Å². The summed E-state index contributed by atoms with van der Waals surface area (Å²) in [4.78, 5) is 10.6. The molecular formula is C10H19N5O2. The van der Waals surface area contributed by atoms with E-state index in [1.165, 1.54) is 0 Å². The summed E-state index contributed by atoms with van der Waals surface area (Å²) in [6.07, 6.45) is 0.650. The minimum Gasteiger partial charge on any atom is -0.382 e. The third-order valence-corrected chi connectivity index (χ3v) is 2.20. The zero-order chi connectivity index (χ0) is 13.1. The molecule has 0 saturated heterocycles. The molecule has 0 radical (unpaired) electrons. The van der Waals surface area contributed by atoms with Gasteiger partial charge in [-0.15, -0.1) is 5.10 Å². The van der Waals surface area contributed by atoms with Gasteiger partial charge < -0.3 is 16.2 Å². The highest BCUT2D eigenvalue weighted by Crippen LogP contribution is 2.11. The number of aliphatic hydroxyl groups is 1. The van der Waals surface area contributed by atoms with Crippen molar-refractivity contribution in [3.8, 4) is 0 Å².